The minimum absolute atomic E-state index is 0.251. The maximum absolute atomic E-state index is 13.4. The van der Waals surface area contributed by atoms with Gasteiger partial charge in [0.15, 0.2) is 0 Å². The van der Waals surface area contributed by atoms with Gasteiger partial charge in [0.2, 0.25) is 0 Å². The number of carbonyl (C=O) groups is 2. The summed E-state index contributed by atoms with van der Waals surface area (Å²) in [6.07, 6.45) is 1.13. The molecular formula is C33H39FN2O6. The van der Waals surface area contributed by atoms with Crippen LogP contribution in [-0.2, 0) is 14.9 Å². The summed E-state index contributed by atoms with van der Waals surface area (Å²) >= 11 is 0. The number of urea groups is 1. The van der Waals surface area contributed by atoms with Crippen LogP contribution in [0.3, 0.4) is 0 Å². The zero-order valence-electron chi connectivity index (χ0n) is 24.8. The number of benzene rings is 3. The molecule has 1 saturated heterocycles. The number of halogens is 1. The number of ether oxygens (including phenoxy) is 3. The van der Waals surface area contributed by atoms with E-state index in [2.05, 4.69) is 5.32 Å². The third-order valence-corrected chi connectivity index (χ3v) is 7.19. The lowest BCUT2D eigenvalue weighted by atomic mass is 9.85. The van der Waals surface area contributed by atoms with Gasteiger partial charge in [-0.15, -0.1) is 0 Å². The first-order valence-corrected chi connectivity index (χ1v) is 14.2. The van der Waals surface area contributed by atoms with Crippen LogP contribution in [0.2, 0.25) is 0 Å². The van der Waals surface area contributed by atoms with Crippen molar-refractivity contribution in [3.8, 4) is 23.0 Å². The molecule has 3 aromatic carbocycles. The highest BCUT2D eigenvalue weighted by atomic mass is 19.1. The van der Waals surface area contributed by atoms with Gasteiger partial charge in [0, 0.05) is 30.4 Å². The van der Waals surface area contributed by atoms with Gasteiger partial charge < -0.3 is 29.5 Å². The third-order valence-electron chi connectivity index (χ3n) is 7.19. The lowest BCUT2D eigenvalue weighted by molar-refractivity contribution is -0.148. The zero-order chi connectivity index (χ0) is 30.5. The number of β-amino-alcohol motifs (C(OH)–C–C–N with tert-alkyl or cyclic N) is 1. The molecule has 9 heteroatoms. The second-order valence-electron chi connectivity index (χ2n) is 11.6. The second-order valence-corrected chi connectivity index (χ2v) is 11.6. The summed E-state index contributed by atoms with van der Waals surface area (Å²) in [5.41, 5.74) is -0.528. The average molecular weight is 579 g/mol. The molecule has 0 saturated carbocycles. The van der Waals surface area contributed by atoms with Gasteiger partial charge in [-0.25, -0.2) is 9.18 Å². The van der Waals surface area contributed by atoms with Crippen LogP contribution in [0.5, 0.6) is 23.0 Å². The van der Waals surface area contributed by atoms with Crippen LogP contribution in [0.25, 0.3) is 0 Å². The molecule has 1 unspecified atom stereocenters. The van der Waals surface area contributed by atoms with E-state index < -0.39 is 11.0 Å². The van der Waals surface area contributed by atoms with Crippen molar-refractivity contribution >= 4 is 17.7 Å². The van der Waals surface area contributed by atoms with Gasteiger partial charge in [-0.3, -0.25) is 4.79 Å². The summed E-state index contributed by atoms with van der Waals surface area (Å²) in [6.45, 7) is 10.5. The Balaban J connectivity index is 1.55. The van der Waals surface area contributed by atoms with Crippen molar-refractivity contribution in [1.82, 2.24) is 4.90 Å². The summed E-state index contributed by atoms with van der Waals surface area (Å²) in [6, 6.07) is 17.3. The maximum atomic E-state index is 13.4. The van der Waals surface area contributed by atoms with Crippen LogP contribution < -0.4 is 14.8 Å². The molecule has 2 amide bonds. The van der Waals surface area contributed by atoms with Crippen molar-refractivity contribution < 1.29 is 33.3 Å². The maximum Gasteiger partial charge on any atom is 0.321 e. The third kappa shape index (κ3) is 7.79. The monoisotopic (exact) mass is 578 g/mol. The number of nitrogens with zero attached hydrogens (tertiary/aromatic N) is 1. The highest BCUT2D eigenvalue weighted by molar-refractivity contribution is 5.90. The first-order valence-electron chi connectivity index (χ1n) is 14.2. The van der Waals surface area contributed by atoms with Gasteiger partial charge in [0.1, 0.15) is 28.8 Å². The topological polar surface area (TPSA) is 97.3 Å². The summed E-state index contributed by atoms with van der Waals surface area (Å²) in [5.74, 6) is 1.29. The van der Waals surface area contributed by atoms with Gasteiger partial charge >= 0.3 is 12.0 Å². The Kier molecular flexibility index (Phi) is 9.41. The molecule has 8 nitrogen and oxygen atoms in total. The Labute approximate surface area is 246 Å². The molecule has 0 spiro atoms. The molecular weight excluding hydrogens is 539 g/mol. The highest BCUT2D eigenvalue weighted by Gasteiger charge is 2.38. The zero-order valence-corrected chi connectivity index (χ0v) is 24.8. The largest absolute Gasteiger partial charge is 0.465 e. The van der Waals surface area contributed by atoms with E-state index in [0.29, 0.717) is 60.6 Å². The normalized spacial score (nSPS) is 16.8. The first kappa shape index (κ1) is 30.8. The molecule has 0 bridgehead atoms. The number of esters is 1. The van der Waals surface area contributed by atoms with Crippen LogP contribution in [0.1, 0.15) is 53.0 Å². The average Bonchev–Trinajstić information content (AvgIpc) is 3.31. The Morgan fingerprint density at radius 1 is 0.976 bits per heavy atom. The Morgan fingerprint density at radius 2 is 1.55 bits per heavy atom. The van der Waals surface area contributed by atoms with Crippen molar-refractivity contribution in [2.24, 2.45) is 5.92 Å². The number of likely N-dealkylation sites (tertiary alicyclic amines) is 1. The van der Waals surface area contributed by atoms with E-state index >= 15 is 0 Å². The number of rotatable bonds is 10. The van der Waals surface area contributed by atoms with Gasteiger partial charge in [0.25, 0.3) is 0 Å². The fraction of sp³-hybridized carbons (Fsp3) is 0.394. The quantitative estimate of drug-likeness (QED) is 0.246. The number of aliphatic hydroxyl groups is 1. The molecule has 3 aromatic rings. The summed E-state index contributed by atoms with van der Waals surface area (Å²) < 4.78 is 30.7. The molecule has 1 heterocycles. The van der Waals surface area contributed by atoms with Gasteiger partial charge in [0.05, 0.1) is 24.2 Å². The molecule has 0 radical (unpaired) electrons. The van der Waals surface area contributed by atoms with Crippen molar-refractivity contribution in [3.63, 3.8) is 0 Å². The van der Waals surface area contributed by atoms with E-state index in [1.807, 2.05) is 13.8 Å². The molecule has 1 aliphatic rings. The number of carbonyl (C=O) groups excluding carboxylic acids is 2. The Hall–Kier alpha value is -4.11. The number of anilines is 1. The predicted molar refractivity (Wildman–Crippen MR) is 159 cm³/mol. The molecule has 224 valence electrons. The molecule has 4 rings (SSSR count). The number of hydrogen-bond donors (Lipinski definition) is 2. The Morgan fingerprint density at radius 3 is 2.10 bits per heavy atom. The molecule has 1 aliphatic heterocycles. The lowest BCUT2D eigenvalue weighted by Gasteiger charge is -2.25. The second kappa shape index (κ2) is 12.8. The fourth-order valence-electron chi connectivity index (χ4n) is 5.06. The van der Waals surface area contributed by atoms with Gasteiger partial charge in [-0.1, -0.05) is 26.0 Å². The summed E-state index contributed by atoms with van der Waals surface area (Å²) in [4.78, 5) is 27.1. The smallest absolute Gasteiger partial charge is 0.321 e. The Bertz CT molecular complexity index is 1390. The van der Waals surface area contributed by atoms with Crippen LogP contribution in [0.4, 0.5) is 14.9 Å². The van der Waals surface area contributed by atoms with Crippen LogP contribution in [-0.4, -0.2) is 47.3 Å². The van der Waals surface area contributed by atoms with E-state index in [1.54, 1.807) is 68.1 Å². The fourth-order valence-corrected chi connectivity index (χ4v) is 5.06. The van der Waals surface area contributed by atoms with Crippen molar-refractivity contribution in [1.29, 1.82) is 0 Å². The van der Waals surface area contributed by atoms with Crippen molar-refractivity contribution in [2.45, 2.75) is 58.5 Å². The molecule has 0 aliphatic carbocycles. The molecule has 42 heavy (non-hydrogen) atoms. The van der Waals surface area contributed by atoms with Gasteiger partial charge in [-0.05, 0) is 81.5 Å². The van der Waals surface area contributed by atoms with Gasteiger partial charge in [-0.2, -0.15) is 0 Å². The van der Waals surface area contributed by atoms with E-state index in [0.717, 1.165) is 5.56 Å². The number of nitrogens with one attached hydrogen (secondary N) is 1. The molecule has 2 N–H and O–H groups in total. The van der Waals surface area contributed by atoms with E-state index in [1.165, 1.54) is 24.3 Å². The number of amides is 2. The first-order chi connectivity index (χ1) is 19.9. The summed E-state index contributed by atoms with van der Waals surface area (Å²) in [5, 5.41) is 13.8. The molecule has 1 fully saturated rings. The van der Waals surface area contributed by atoms with Crippen molar-refractivity contribution in [3.05, 3.63) is 78.1 Å². The number of hydrogen-bond acceptors (Lipinski definition) is 6. The molecule has 0 aromatic heterocycles. The SMILES string of the molecule is CCOC(=O)C(C)(C)c1ccc(Oc2cc(NC(=O)N3CCC(O)(CC(C)C)C3)cc(Oc3ccc(F)cc3)c2)cc1. The van der Waals surface area contributed by atoms with Crippen molar-refractivity contribution in [2.75, 3.05) is 25.0 Å². The van der Waals surface area contributed by atoms with E-state index in [4.69, 9.17) is 14.2 Å². The predicted octanol–water partition coefficient (Wildman–Crippen LogP) is 7.27. The minimum atomic E-state index is -0.901. The minimum Gasteiger partial charge on any atom is -0.465 e. The van der Waals surface area contributed by atoms with Crippen LogP contribution in [0, 0.1) is 11.7 Å². The highest BCUT2D eigenvalue weighted by Crippen LogP contribution is 2.35. The van der Waals surface area contributed by atoms with E-state index in [9.17, 15) is 19.1 Å². The van der Waals surface area contributed by atoms with E-state index in [-0.39, 0.29) is 24.4 Å². The van der Waals surface area contributed by atoms with Crippen LogP contribution in [0.15, 0.2) is 66.7 Å². The lowest BCUT2D eigenvalue weighted by Crippen LogP contribution is -2.38. The standard InChI is InChI=1S/C33H39FN2O6/c1-6-40-30(37)32(4,5)23-7-11-26(12-8-23)41-28-17-25(18-29(19-28)42-27-13-9-24(34)10-14-27)35-31(38)36-16-15-33(39,21-36)20-22(2)3/h7-14,17-19,22,39H,6,15-16,20-21H2,1-5H3,(H,35,38). The van der Waals surface area contributed by atoms with Crippen LogP contribution >= 0.6 is 0 Å². The summed E-state index contributed by atoms with van der Waals surface area (Å²) in [7, 11) is 0. The molecule has 1 atom stereocenters.